The molecule has 5 heteroatoms. The first kappa shape index (κ1) is 13.7. The van der Waals surface area contributed by atoms with Crippen molar-refractivity contribution in [2.24, 2.45) is 5.92 Å². The van der Waals surface area contributed by atoms with Gasteiger partial charge in [0.05, 0.1) is 6.61 Å². The minimum Gasteiger partial charge on any atom is -0.493 e. The highest BCUT2D eigenvalue weighted by Crippen LogP contribution is 2.32. The summed E-state index contributed by atoms with van der Waals surface area (Å²) in [6.07, 6.45) is 3.02. The number of carbonyl (C=O) groups is 1. The summed E-state index contributed by atoms with van der Waals surface area (Å²) in [7, 11) is 0. The van der Waals surface area contributed by atoms with Gasteiger partial charge in [-0.2, -0.15) is 0 Å². The van der Waals surface area contributed by atoms with E-state index >= 15 is 0 Å². The molecule has 0 bridgehead atoms. The third kappa shape index (κ3) is 3.25. The van der Waals surface area contributed by atoms with Crippen molar-refractivity contribution in [2.75, 3.05) is 19.7 Å². The van der Waals surface area contributed by atoms with Gasteiger partial charge in [-0.15, -0.1) is 0 Å². The first-order chi connectivity index (χ1) is 9.74. The molecule has 1 aromatic rings. The lowest BCUT2D eigenvalue weighted by atomic mass is 10.1. The van der Waals surface area contributed by atoms with Crippen molar-refractivity contribution < 1.29 is 9.53 Å². The molecule has 4 nitrogen and oxygen atoms in total. The number of hydrogen-bond acceptors (Lipinski definition) is 3. The number of carbonyl (C=O) groups excluding carboxylic acids is 1. The van der Waals surface area contributed by atoms with Gasteiger partial charge >= 0.3 is 0 Å². The van der Waals surface area contributed by atoms with Gasteiger partial charge in [0.1, 0.15) is 5.75 Å². The standard InChI is InChI=1S/C15H19ClN2O2/c16-13-7-11-3-6-20-14(11)12(8-13)9-17-4-5-18-15(19)10-1-2-10/h7-8,10,17H,1-6,9H2,(H,18,19). The summed E-state index contributed by atoms with van der Waals surface area (Å²) in [6, 6.07) is 3.92. The highest BCUT2D eigenvalue weighted by atomic mass is 35.5. The zero-order chi connectivity index (χ0) is 13.9. The van der Waals surface area contributed by atoms with E-state index in [4.69, 9.17) is 16.3 Å². The van der Waals surface area contributed by atoms with E-state index in [1.54, 1.807) is 0 Å². The van der Waals surface area contributed by atoms with Gasteiger partial charge in [0, 0.05) is 42.6 Å². The molecule has 1 aromatic carbocycles. The van der Waals surface area contributed by atoms with Crippen LogP contribution in [0.5, 0.6) is 5.75 Å². The second kappa shape index (κ2) is 6.02. The van der Waals surface area contributed by atoms with Crippen LogP contribution in [-0.2, 0) is 17.8 Å². The van der Waals surface area contributed by atoms with Gasteiger partial charge in [-0.1, -0.05) is 11.6 Å². The first-order valence-corrected chi connectivity index (χ1v) is 7.54. The fraction of sp³-hybridized carbons (Fsp3) is 0.533. The zero-order valence-corrected chi connectivity index (χ0v) is 12.1. The maximum atomic E-state index is 11.5. The van der Waals surface area contributed by atoms with E-state index in [1.807, 2.05) is 12.1 Å². The Morgan fingerprint density at radius 2 is 2.20 bits per heavy atom. The van der Waals surface area contributed by atoms with Gasteiger partial charge < -0.3 is 15.4 Å². The van der Waals surface area contributed by atoms with Crippen molar-refractivity contribution in [3.8, 4) is 5.75 Å². The van der Waals surface area contributed by atoms with Crippen LogP contribution < -0.4 is 15.4 Å². The molecule has 0 radical (unpaired) electrons. The lowest BCUT2D eigenvalue weighted by molar-refractivity contribution is -0.122. The van der Waals surface area contributed by atoms with E-state index in [9.17, 15) is 4.79 Å². The Hall–Kier alpha value is -1.26. The molecule has 1 fully saturated rings. The molecule has 0 atom stereocenters. The summed E-state index contributed by atoms with van der Waals surface area (Å²) in [5, 5.41) is 7.01. The molecule has 0 unspecified atom stereocenters. The predicted molar refractivity (Wildman–Crippen MR) is 78.1 cm³/mol. The molecule has 1 heterocycles. The van der Waals surface area contributed by atoms with E-state index in [0.29, 0.717) is 13.1 Å². The highest BCUT2D eigenvalue weighted by Gasteiger charge is 2.28. The van der Waals surface area contributed by atoms with E-state index in [1.165, 1.54) is 5.56 Å². The number of nitrogens with one attached hydrogen (secondary N) is 2. The third-order valence-electron chi connectivity index (χ3n) is 3.69. The summed E-state index contributed by atoms with van der Waals surface area (Å²) in [5.41, 5.74) is 2.29. The number of rotatable bonds is 6. The molecule has 1 aliphatic carbocycles. The summed E-state index contributed by atoms with van der Waals surface area (Å²) < 4.78 is 5.65. The average molecular weight is 295 g/mol. The van der Waals surface area contributed by atoms with Crippen LogP contribution in [-0.4, -0.2) is 25.6 Å². The molecule has 0 saturated heterocycles. The Bertz CT molecular complexity index is 515. The lowest BCUT2D eigenvalue weighted by Gasteiger charge is -2.10. The normalized spacial score (nSPS) is 16.6. The second-order valence-corrected chi connectivity index (χ2v) is 5.83. The molecule has 20 heavy (non-hydrogen) atoms. The van der Waals surface area contributed by atoms with Crippen molar-refractivity contribution >= 4 is 17.5 Å². The molecule has 1 saturated carbocycles. The number of fused-ring (bicyclic) bond motifs is 1. The summed E-state index contributed by atoms with van der Waals surface area (Å²) >= 11 is 6.11. The van der Waals surface area contributed by atoms with Crippen LogP contribution in [0.3, 0.4) is 0 Å². The van der Waals surface area contributed by atoms with Crippen molar-refractivity contribution in [3.05, 3.63) is 28.3 Å². The van der Waals surface area contributed by atoms with Crippen molar-refractivity contribution in [1.82, 2.24) is 10.6 Å². The minimum absolute atomic E-state index is 0.193. The molecular formula is C15H19ClN2O2. The number of amides is 1. The lowest BCUT2D eigenvalue weighted by Crippen LogP contribution is -2.32. The van der Waals surface area contributed by atoms with E-state index in [2.05, 4.69) is 10.6 Å². The van der Waals surface area contributed by atoms with Gasteiger partial charge in [0.15, 0.2) is 0 Å². The van der Waals surface area contributed by atoms with Crippen molar-refractivity contribution in [2.45, 2.75) is 25.8 Å². The monoisotopic (exact) mass is 294 g/mol. The maximum Gasteiger partial charge on any atom is 0.223 e. The minimum atomic E-state index is 0.193. The fourth-order valence-corrected chi connectivity index (χ4v) is 2.73. The van der Waals surface area contributed by atoms with Gasteiger partial charge in [0.25, 0.3) is 0 Å². The SMILES string of the molecule is O=C(NCCNCc1cc(Cl)cc2c1OCC2)C1CC1. The van der Waals surface area contributed by atoms with E-state index in [0.717, 1.165) is 48.7 Å². The summed E-state index contributed by atoms with van der Waals surface area (Å²) in [6.45, 7) is 2.86. The number of ether oxygens (including phenoxy) is 1. The Morgan fingerprint density at radius 1 is 1.35 bits per heavy atom. The molecule has 0 aromatic heterocycles. The average Bonchev–Trinajstić information content (AvgIpc) is 3.17. The molecule has 108 valence electrons. The van der Waals surface area contributed by atoms with Crippen LogP contribution >= 0.6 is 11.6 Å². The smallest absolute Gasteiger partial charge is 0.223 e. The Morgan fingerprint density at radius 3 is 3.00 bits per heavy atom. The molecule has 0 spiro atoms. The molecular weight excluding hydrogens is 276 g/mol. The van der Waals surface area contributed by atoms with E-state index < -0.39 is 0 Å². The van der Waals surface area contributed by atoms with Gasteiger partial charge in [-0.25, -0.2) is 0 Å². The molecule has 1 aliphatic heterocycles. The van der Waals surface area contributed by atoms with Gasteiger partial charge in [-0.05, 0) is 30.5 Å². The van der Waals surface area contributed by atoms with Gasteiger partial charge in [-0.3, -0.25) is 4.79 Å². The summed E-state index contributed by atoms with van der Waals surface area (Å²) in [5.74, 6) is 1.45. The number of hydrogen-bond donors (Lipinski definition) is 2. The molecule has 3 rings (SSSR count). The van der Waals surface area contributed by atoms with Crippen LogP contribution in [0.2, 0.25) is 5.02 Å². The van der Waals surface area contributed by atoms with E-state index in [-0.39, 0.29) is 11.8 Å². The zero-order valence-electron chi connectivity index (χ0n) is 11.4. The second-order valence-electron chi connectivity index (χ2n) is 5.39. The summed E-state index contributed by atoms with van der Waals surface area (Å²) in [4.78, 5) is 11.5. The predicted octanol–water partition coefficient (Wildman–Crippen LogP) is 1.89. The number of halogens is 1. The Balaban J connectivity index is 1.45. The largest absolute Gasteiger partial charge is 0.493 e. The maximum absolute atomic E-state index is 11.5. The quantitative estimate of drug-likeness (QED) is 0.788. The molecule has 1 amide bonds. The first-order valence-electron chi connectivity index (χ1n) is 7.16. The molecule has 2 N–H and O–H groups in total. The Kier molecular flexibility index (Phi) is 4.13. The van der Waals surface area contributed by atoms with Crippen LogP contribution in [0.25, 0.3) is 0 Å². The number of benzene rings is 1. The van der Waals surface area contributed by atoms with Gasteiger partial charge in [0.2, 0.25) is 5.91 Å². The van der Waals surface area contributed by atoms with Crippen LogP contribution in [0.15, 0.2) is 12.1 Å². The van der Waals surface area contributed by atoms with Crippen LogP contribution in [0.1, 0.15) is 24.0 Å². The third-order valence-corrected chi connectivity index (χ3v) is 3.91. The topological polar surface area (TPSA) is 50.4 Å². The highest BCUT2D eigenvalue weighted by molar-refractivity contribution is 6.30. The van der Waals surface area contributed by atoms with Crippen molar-refractivity contribution in [3.63, 3.8) is 0 Å². The van der Waals surface area contributed by atoms with Crippen molar-refractivity contribution in [1.29, 1.82) is 0 Å². The van der Waals surface area contributed by atoms with Crippen LogP contribution in [0, 0.1) is 5.92 Å². The molecule has 2 aliphatic rings. The fourth-order valence-electron chi connectivity index (χ4n) is 2.46. The van der Waals surface area contributed by atoms with Crippen LogP contribution in [0.4, 0.5) is 0 Å². The Labute approximate surface area is 123 Å².